The van der Waals surface area contributed by atoms with Crippen LogP contribution < -0.4 is 0 Å². The van der Waals surface area contributed by atoms with E-state index in [9.17, 15) is 0 Å². The van der Waals surface area contributed by atoms with E-state index in [4.69, 9.17) is 0 Å². The average molecular weight is 120 g/mol. The molecule has 0 aromatic rings. The summed E-state index contributed by atoms with van der Waals surface area (Å²) in [6, 6.07) is 0. The Morgan fingerprint density at radius 1 is 1.56 bits per heavy atom. The fourth-order valence-electron chi connectivity index (χ4n) is 1.02. The molecule has 0 saturated carbocycles. The fraction of sp³-hybridized carbons (Fsp3) is 0.333. The molecular weight excluding hydrogens is 108 g/mol. The molecule has 0 bridgehead atoms. The van der Waals surface area contributed by atoms with Gasteiger partial charge in [-0.1, -0.05) is 30.4 Å². The lowest BCUT2D eigenvalue weighted by Crippen LogP contribution is -1.94. The van der Waals surface area contributed by atoms with Crippen molar-refractivity contribution >= 4 is 0 Å². The minimum atomic E-state index is 0.715. The topological polar surface area (TPSA) is 0 Å². The average Bonchev–Trinajstić information content (AvgIpc) is 1.91. The van der Waals surface area contributed by atoms with Gasteiger partial charge in [-0.25, -0.2) is 0 Å². The molecule has 0 N–H and O–H groups in total. The summed E-state index contributed by atoms with van der Waals surface area (Å²) in [5, 5.41) is 0. The first kappa shape index (κ1) is 6.34. The summed E-state index contributed by atoms with van der Waals surface area (Å²) < 4.78 is 0. The molecule has 0 nitrogen and oxygen atoms in total. The minimum Gasteiger partial charge on any atom is -0.103 e. The van der Waals surface area contributed by atoms with Gasteiger partial charge in [0.2, 0.25) is 0 Å². The Morgan fingerprint density at radius 3 is 3.00 bits per heavy atom. The van der Waals surface area contributed by atoms with Crippen molar-refractivity contribution in [3.05, 3.63) is 37.0 Å². The molecule has 0 heterocycles. The first-order valence-electron chi connectivity index (χ1n) is 3.37. The van der Waals surface area contributed by atoms with E-state index in [0.717, 1.165) is 6.42 Å². The van der Waals surface area contributed by atoms with E-state index in [0.29, 0.717) is 5.92 Å². The molecule has 48 valence electrons. The van der Waals surface area contributed by atoms with Crippen molar-refractivity contribution in [1.29, 1.82) is 0 Å². The Kier molecular flexibility index (Phi) is 2.32. The van der Waals surface area contributed by atoms with Gasteiger partial charge in [0, 0.05) is 0 Å². The predicted octanol–water partition coefficient (Wildman–Crippen LogP) is 2.69. The van der Waals surface area contributed by atoms with Gasteiger partial charge >= 0.3 is 0 Å². The van der Waals surface area contributed by atoms with Crippen molar-refractivity contribution in [1.82, 2.24) is 0 Å². The summed E-state index contributed by atoms with van der Waals surface area (Å²) in [6.07, 6.45) is 12.9. The summed E-state index contributed by atoms with van der Waals surface area (Å²) in [5.74, 6) is 0.715. The van der Waals surface area contributed by atoms with Crippen LogP contribution >= 0.6 is 0 Å². The van der Waals surface area contributed by atoms with E-state index in [1.54, 1.807) is 0 Å². The standard InChI is InChI=1S/C9H12/c1-2-6-9-7-4-3-5-8-9/h2-5,7,9H,1,6,8H2/t9-/m1/s1. The van der Waals surface area contributed by atoms with Gasteiger partial charge in [-0.05, 0) is 18.8 Å². The molecule has 1 atom stereocenters. The maximum Gasteiger partial charge on any atom is -0.0161 e. The quantitative estimate of drug-likeness (QED) is 0.491. The van der Waals surface area contributed by atoms with Crippen LogP contribution in [0.4, 0.5) is 0 Å². The molecule has 0 spiro atoms. The van der Waals surface area contributed by atoms with Gasteiger partial charge in [0.15, 0.2) is 0 Å². The van der Waals surface area contributed by atoms with Crippen LogP contribution in [0.3, 0.4) is 0 Å². The van der Waals surface area contributed by atoms with E-state index in [-0.39, 0.29) is 0 Å². The SMILES string of the molecule is C=CC[C@@H]1C=CC=CC1. The minimum absolute atomic E-state index is 0.715. The number of hydrogen-bond acceptors (Lipinski definition) is 0. The van der Waals surface area contributed by atoms with Crippen LogP contribution in [0.25, 0.3) is 0 Å². The van der Waals surface area contributed by atoms with E-state index < -0.39 is 0 Å². The Balaban J connectivity index is 2.36. The highest BCUT2D eigenvalue weighted by Crippen LogP contribution is 2.14. The first-order valence-corrected chi connectivity index (χ1v) is 3.37. The van der Waals surface area contributed by atoms with E-state index in [1.807, 2.05) is 6.08 Å². The number of hydrogen-bond donors (Lipinski definition) is 0. The Morgan fingerprint density at radius 2 is 2.44 bits per heavy atom. The van der Waals surface area contributed by atoms with Crippen molar-refractivity contribution in [3.63, 3.8) is 0 Å². The van der Waals surface area contributed by atoms with Gasteiger partial charge < -0.3 is 0 Å². The van der Waals surface area contributed by atoms with Crippen molar-refractivity contribution in [2.45, 2.75) is 12.8 Å². The maximum atomic E-state index is 3.70. The zero-order valence-corrected chi connectivity index (χ0v) is 5.59. The smallest absolute Gasteiger partial charge is 0.0161 e. The molecule has 1 aliphatic rings. The van der Waals surface area contributed by atoms with E-state index in [1.165, 1.54) is 6.42 Å². The van der Waals surface area contributed by atoms with Crippen LogP contribution in [0.2, 0.25) is 0 Å². The lowest BCUT2D eigenvalue weighted by Gasteiger charge is -2.08. The monoisotopic (exact) mass is 120 g/mol. The first-order chi connectivity index (χ1) is 4.43. The highest BCUT2D eigenvalue weighted by Gasteiger charge is 2.00. The summed E-state index contributed by atoms with van der Waals surface area (Å²) in [4.78, 5) is 0. The largest absolute Gasteiger partial charge is 0.103 e. The predicted molar refractivity (Wildman–Crippen MR) is 41.2 cm³/mol. The lowest BCUT2D eigenvalue weighted by molar-refractivity contribution is 0.670. The molecule has 0 aromatic carbocycles. The molecular formula is C9H12. The van der Waals surface area contributed by atoms with Gasteiger partial charge in [-0.3, -0.25) is 0 Å². The highest BCUT2D eigenvalue weighted by molar-refractivity contribution is 5.11. The van der Waals surface area contributed by atoms with Crippen molar-refractivity contribution < 1.29 is 0 Å². The second-order valence-electron chi connectivity index (χ2n) is 2.33. The van der Waals surface area contributed by atoms with Crippen molar-refractivity contribution in [3.8, 4) is 0 Å². The molecule has 0 unspecified atom stereocenters. The second-order valence-corrected chi connectivity index (χ2v) is 2.33. The van der Waals surface area contributed by atoms with Gasteiger partial charge in [0.1, 0.15) is 0 Å². The number of rotatable bonds is 2. The third-order valence-corrected chi connectivity index (χ3v) is 1.54. The molecule has 0 aliphatic heterocycles. The van der Waals surface area contributed by atoms with Gasteiger partial charge in [-0.15, -0.1) is 6.58 Å². The Bertz CT molecular complexity index is 138. The molecule has 0 radical (unpaired) electrons. The zero-order valence-electron chi connectivity index (χ0n) is 5.59. The summed E-state index contributed by atoms with van der Waals surface area (Å²) in [5.41, 5.74) is 0. The van der Waals surface area contributed by atoms with Crippen LogP contribution in [0.15, 0.2) is 37.0 Å². The van der Waals surface area contributed by atoms with Crippen LogP contribution in [0, 0.1) is 5.92 Å². The van der Waals surface area contributed by atoms with Gasteiger partial charge in [0.25, 0.3) is 0 Å². The third-order valence-electron chi connectivity index (χ3n) is 1.54. The third kappa shape index (κ3) is 1.88. The van der Waals surface area contributed by atoms with Crippen LogP contribution in [-0.4, -0.2) is 0 Å². The molecule has 0 aromatic heterocycles. The summed E-state index contributed by atoms with van der Waals surface area (Å²) in [7, 11) is 0. The zero-order chi connectivity index (χ0) is 6.53. The molecule has 9 heavy (non-hydrogen) atoms. The van der Waals surface area contributed by atoms with Gasteiger partial charge in [0.05, 0.1) is 0 Å². The molecule has 0 fully saturated rings. The second kappa shape index (κ2) is 3.29. The Hall–Kier alpha value is -0.780. The number of allylic oxidation sites excluding steroid dienone is 5. The van der Waals surface area contributed by atoms with Gasteiger partial charge in [-0.2, -0.15) is 0 Å². The molecule has 1 aliphatic carbocycles. The normalized spacial score (nSPS) is 24.2. The van der Waals surface area contributed by atoms with Crippen molar-refractivity contribution in [2.24, 2.45) is 5.92 Å². The fourth-order valence-corrected chi connectivity index (χ4v) is 1.02. The highest BCUT2D eigenvalue weighted by atomic mass is 14.1. The lowest BCUT2D eigenvalue weighted by atomic mass is 9.98. The van der Waals surface area contributed by atoms with Crippen LogP contribution in [0.1, 0.15) is 12.8 Å². The Labute approximate surface area is 56.6 Å². The van der Waals surface area contributed by atoms with Crippen molar-refractivity contribution in [2.75, 3.05) is 0 Å². The summed E-state index contributed by atoms with van der Waals surface area (Å²) in [6.45, 7) is 3.70. The summed E-state index contributed by atoms with van der Waals surface area (Å²) >= 11 is 0. The molecule has 0 heteroatoms. The molecule has 1 rings (SSSR count). The van der Waals surface area contributed by atoms with Crippen LogP contribution in [0.5, 0.6) is 0 Å². The van der Waals surface area contributed by atoms with E-state index >= 15 is 0 Å². The van der Waals surface area contributed by atoms with E-state index in [2.05, 4.69) is 30.9 Å². The molecule has 0 saturated heterocycles. The maximum absolute atomic E-state index is 3.70. The van der Waals surface area contributed by atoms with Crippen LogP contribution in [-0.2, 0) is 0 Å². The molecule has 0 amide bonds.